The topological polar surface area (TPSA) is 70.9 Å². The molecular formula is C26H35N5O3S. The highest BCUT2D eigenvalue weighted by atomic mass is 32.2. The van der Waals surface area contributed by atoms with Crippen LogP contribution in [-0.2, 0) is 34.4 Å². The SMILES string of the molecule is CCn1c(CN2CCN(Cc3ccccc3C)CC2)nc2cc(S(=O)(=O)N3CCOCC3)ccc21. The van der Waals surface area contributed by atoms with Crippen molar-refractivity contribution in [3.05, 3.63) is 59.4 Å². The number of aromatic nitrogens is 2. The van der Waals surface area contributed by atoms with E-state index in [2.05, 4.69) is 52.5 Å². The number of rotatable bonds is 7. The van der Waals surface area contributed by atoms with Crippen molar-refractivity contribution in [1.29, 1.82) is 0 Å². The van der Waals surface area contributed by atoms with Crippen LogP contribution >= 0.6 is 0 Å². The molecule has 2 aliphatic rings. The van der Waals surface area contributed by atoms with Gasteiger partial charge in [0.15, 0.2) is 0 Å². The standard InChI is InChI=1S/C26H35N5O3S/c1-3-31-25-9-8-23(35(32,33)30-14-16-34-17-15-30)18-24(25)27-26(31)20-29-12-10-28(11-13-29)19-22-7-5-4-6-21(22)2/h4-9,18H,3,10-17,19-20H2,1-2H3. The minimum Gasteiger partial charge on any atom is -0.379 e. The van der Waals surface area contributed by atoms with Crippen molar-refractivity contribution < 1.29 is 13.2 Å². The van der Waals surface area contributed by atoms with E-state index in [1.165, 1.54) is 15.4 Å². The summed E-state index contributed by atoms with van der Waals surface area (Å²) in [7, 11) is -3.54. The monoisotopic (exact) mass is 497 g/mol. The number of ether oxygens (including phenoxy) is 1. The molecule has 2 saturated heterocycles. The lowest BCUT2D eigenvalue weighted by molar-refractivity contribution is 0.0730. The first-order chi connectivity index (χ1) is 17.0. The van der Waals surface area contributed by atoms with E-state index in [1.807, 2.05) is 6.07 Å². The van der Waals surface area contributed by atoms with E-state index in [0.717, 1.165) is 62.7 Å². The third kappa shape index (κ3) is 5.15. The Morgan fingerprint density at radius 1 is 0.914 bits per heavy atom. The second kappa shape index (κ2) is 10.4. The van der Waals surface area contributed by atoms with Crippen LogP contribution in [0.4, 0.5) is 0 Å². The fourth-order valence-corrected chi connectivity index (χ4v) is 6.49. The number of imidazole rings is 1. The van der Waals surface area contributed by atoms with Crippen LogP contribution < -0.4 is 0 Å². The lowest BCUT2D eigenvalue weighted by atomic mass is 10.1. The number of morpholine rings is 1. The highest BCUT2D eigenvalue weighted by Crippen LogP contribution is 2.24. The van der Waals surface area contributed by atoms with E-state index < -0.39 is 10.0 Å². The van der Waals surface area contributed by atoms with Gasteiger partial charge in [0.05, 0.1) is 35.7 Å². The molecule has 3 aromatic rings. The third-order valence-corrected chi connectivity index (χ3v) is 9.10. The Morgan fingerprint density at radius 3 is 2.29 bits per heavy atom. The molecule has 188 valence electrons. The summed E-state index contributed by atoms with van der Waals surface area (Å²) in [4.78, 5) is 10.2. The maximum Gasteiger partial charge on any atom is 0.243 e. The lowest BCUT2D eigenvalue weighted by Crippen LogP contribution is -2.45. The molecule has 5 rings (SSSR count). The fourth-order valence-electron chi connectivity index (χ4n) is 5.06. The van der Waals surface area contributed by atoms with E-state index in [-0.39, 0.29) is 0 Å². The summed E-state index contributed by atoms with van der Waals surface area (Å²) in [5.41, 5.74) is 4.48. The predicted octanol–water partition coefficient (Wildman–Crippen LogP) is 2.70. The Bertz CT molecular complexity index is 1280. The van der Waals surface area contributed by atoms with Gasteiger partial charge in [-0.05, 0) is 43.2 Å². The van der Waals surface area contributed by atoms with Crippen molar-refractivity contribution in [2.75, 3.05) is 52.5 Å². The normalized spacial score (nSPS) is 18.9. The minimum atomic E-state index is -3.54. The molecule has 0 radical (unpaired) electrons. The van der Waals surface area contributed by atoms with E-state index in [0.29, 0.717) is 31.2 Å². The number of sulfonamides is 1. The van der Waals surface area contributed by atoms with Crippen LogP contribution in [-0.4, -0.2) is 84.6 Å². The summed E-state index contributed by atoms with van der Waals surface area (Å²) in [5, 5.41) is 0. The number of nitrogens with zero attached hydrogens (tertiary/aromatic N) is 5. The fraction of sp³-hybridized carbons (Fsp3) is 0.500. The zero-order valence-corrected chi connectivity index (χ0v) is 21.5. The van der Waals surface area contributed by atoms with Crippen molar-refractivity contribution >= 4 is 21.1 Å². The molecule has 0 aliphatic carbocycles. The molecule has 9 heteroatoms. The maximum absolute atomic E-state index is 13.1. The molecule has 8 nitrogen and oxygen atoms in total. The summed E-state index contributed by atoms with van der Waals surface area (Å²) in [6.07, 6.45) is 0. The van der Waals surface area contributed by atoms with Crippen molar-refractivity contribution in [1.82, 2.24) is 23.7 Å². The summed E-state index contributed by atoms with van der Waals surface area (Å²) >= 11 is 0. The molecule has 0 bridgehead atoms. The third-order valence-electron chi connectivity index (χ3n) is 7.21. The van der Waals surface area contributed by atoms with Crippen LogP contribution in [0.5, 0.6) is 0 Å². The summed E-state index contributed by atoms with van der Waals surface area (Å²) < 4.78 is 35.3. The van der Waals surface area contributed by atoms with Crippen LogP contribution in [0.2, 0.25) is 0 Å². The van der Waals surface area contributed by atoms with Gasteiger partial charge in [0, 0.05) is 52.4 Å². The smallest absolute Gasteiger partial charge is 0.243 e. The van der Waals surface area contributed by atoms with Crippen molar-refractivity contribution in [3.63, 3.8) is 0 Å². The van der Waals surface area contributed by atoms with Crippen LogP contribution in [0, 0.1) is 6.92 Å². The molecule has 0 atom stereocenters. The Morgan fingerprint density at radius 2 is 1.60 bits per heavy atom. The van der Waals surface area contributed by atoms with E-state index in [4.69, 9.17) is 9.72 Å². The molecule has 3 heterocycles. The number of fused-ring (bicyclic) bond motifs is 1. The van der Waals surface area contributed by atoms with Gasteiger partial charge in [-0.25, -0.2) is 13.4 Å². The molecule has 0 saturated carbocycles. The van der Waals surface area contributed by atoms with Gasteiger partial charge in [-0.1, -0.05) is 24.3 Å². The van der Waals surface area contributed by atoms with E-state index in [9.17, 15) is 8.42 Å². The Balaban J connectivity index is 1.28. The van der Waals surface area contributed by atoms with Gasteiger partial charge >= 0.3 is 0 Å². The summed E-state index contributed by atoms with van der Waals surface area (Å²) in [5.74, 6) is 0.996. The second-order valence-electron chi connectivity index (χ2n) is 9.42. The quantitative estimate of drug-likeness (QED) is 0.500. The van der Waals surface area contributed by atoms with Gasteiger partial charge < -0.3 is 9.30 Å². The van der Waals surface area contributed by atoms with Gasteiger partial charge in [0.25, 0.3) is 0 Å². The average molecular weight is 498 g/mol. The Hall–Kier alpha value is -2.30. The number of aryl methyl sites for hydroxylation is 2. The Labute approximate surface area is 208 Å². The first kappa shape index (κ1) is 24.4. The highest BCUT2D eigenvalue weighted by Gasteiger charge is 2.27. The van der Waals surface area contributed by atoms with Gasteiger partial charge in [0.2, 0.25) is 10.0 Å². The number of piperazine rings is 1. The predicted molar refractivity (Wildman–Crippen MR) is 137 cm³/mol. The van der Waals surface area contributed by atoms with Crippen molar-refractivity contribution in [3.8, 4) is 0 Å². The summed E-state index contributed by atoms with van der Waals surface area (Å²) in [6.45, 7) is 12.6. The van der Waals surface area contributed by atoms with Crippen LogP contribution in [0.3, 0.4) is 0 Å². The van der Waals surface area contributed by atoms with E-state index >= 15 is 0 Å². The molecule has 2 aliphatic heterocycles. The van der Waals surface area contributed by atoms with Crippen LogP contribution in [0.25, 0.3) is 11.0 Å². The van der Waals surface area contributed by atoms with Gasteiger partial charge in [-0.15, -0.1) is 0 Å². The highest BCUT2D eigenvalue weighted by molar-refractivity contribution is 7.89. The molecule has 2 fully saturated rings. The Kier molecular flexibility index (Phi) is 7.22. The molecule has 2 aromatic carbocycles. The lowest BCUT2D eigenvalue weighted by Gasteiger charge is -2.34. The minimum absolute atomic E-state index is 0.309. The maximum atomic E-state index is 13.1. The molecule has 0 amide bonds. The largest absolute Gasteiger partial charge is 0.379 e. The van der Waals surface area contributed by atoms with Gasteiger partial charge in [-0.3, -0.25) is 9.80 Å². The van der Waals surface area contributed by atoms with Crippen molar-refractivity contribution in [2.24, 2.45) is 0 Å². The average Bonchev–Trinajstić information content (AvgIpc) is 3.23. The number of hydrogen-bond acceptors (Lipinski definition) is 6. The number of hydrogen-bond donors (Lipinski definition) is 0. The zero-order valence-electron chi connectivity index (χ0n) is 20.7. The molecule has 0 spiro atoms. The molecule has 35 heavy (non-hydrogen) atoms. The van der Waals surface area contributed by atoms with Crippen LogP contribution in [0.1, 0.15) is 23.9 Å². The van der Waals surface area contributed by atoms with E-state index in [1.54, 1.807) is 12.1 Å². The summed E-state index contributed by atoms with van der Waals surface area (Å²) in [6, 6.07) is 14.0. The molecular weight excluding hydrogens is 462 g/mol. The molecule has 0 N–H and O–H groups in total. The second-order valence-corrected chi connectivity index (χ2v) is 11.4. The number of benzene rings is 2. The molecule has 0 unspecified atom stereocenters. The van der Waals surface area contributed by atoms with Crippen LogP contribution in [0.15, 0.2) is 47.4 Å². The van der Waals surface area contributed by atoms with Crippen molar-refractivity contribution in [2.45, 2.75) is 38.4 Å². The first-order valence-corrected chi connectivity index (χ1v) is 14.0. The molecule has 1 aromatic heterocycles. The van der Waals surface area contributed by atoms with Gasteiger partial charge in [-0.2, -0.15) is 4.31 Å². The van der Waals surface area contributed by atoms with Gasteiger partial charge in [0.1, 0.15) is 5.82 Å². The zero-order chi connectivity index (χ0) is 24.4. The first-order valence-electron chi connectivity index (χ1n) is 12.5.